The number of aryl methyl sites for hydroxylation is 1. The van der Waals surface area contributed by atoms with Gasteiger partial charge in [0.15, 0.2) is 12.4 Å². The summed E-state index contributed by atoms with van der Waals surface area (Å²) in [5.74, 6) is -0.724. The number of carbonyl (C=O) groups excluding carboxylic acids is 2. The van der Waals surface area contributed by atoms with E-state index in [0.717, 1.165) is 16.0 Å². The number of thiophene rings is 1. The van der Waals surface area contributed by atoms with Crippen molar-refractivity contribution in [3.05, 3.63) is 93.7 Å². The molecule has 130 valence electrons. The fourth-order valence-corrected chi connectivity index (χ4v) is 3.24. The molecule has 3 nitrogen and oxygen atoms in total. The molecular weight excluding hydrogens is 344 g/mol. The van der Waals surface area contributed by atoms with Crippen molar-refractivity contribution >= 4 is 34.7 Å². The number of hydrogen-bond acceptors (Lipinski definition) is 4. The van der Waals surface area contributed by atoms with Crippen molar-refractivity contribution in [1.29, 1.82) is 0 Å². The van der Waals surface area contributed by atoms with E-state index in [1.807, 2.05) is 54.8 Å². The number of Topliss-reactive ketones (excluding diaryl/α,β-unsaturated/α-hetero) is 1. The van der Waals surface area contributed by atoms with Gasteiger partial charge in [-0.3, -0.25) is 4.79 Å². The molecule has 0 spiro atoms. The molecule has 26 heavy (non-hydrogen) atoms. The maximum Gasteiger partial charge on any atom is 0.340 e. The number of carbonyl (C=O) groups is 2. The Morgan fingerprint density at radius 1 is 1.00 bits per heavy atom. The van der Waals surface area contributed by atoms with Crippen LogP contribution < -0.4 is 0 Å². The second-order valence-corrected chi connectivity index (χ2v) is 6.76. The largest absolute Gasteiger partial charge is 0.454 e. The van der Waals surface area contributed by atoms with Crippen molar-refractivity contribution in [2.45, 2.75) is 6.92 Å². The van der Waals surface area contributed by atoms with Gasteiger partial charge >= 0.3 is 5.97 Å². The average Bonchev–Trinajstić information content (AvgIpc) is 3.19. The zero-order valence-electron chi connectivity index (χ0n) is 14.3. The molecule has 0 atom stereocenters. The summed E-state index contributed by atoms with van der Waals surface area (Å²) in [7, 11) is 0. The average molecular weight is 362 g/mol. The summed E-state index contributed by atoms with van der Waals surface area (Å²) >= 11 is 1.46. The second kappa shape index (κ2) is 8.41. The van der Waals surface area contributed by atoms with Crippen LogP contribution in [0.3, 0.4) is 0 Å². The van der Waals surface area contributed by atoms with Crippen LogP contribution in [0.2, 0.25) is 0 Å². The van der Waals surface area contributed by atoms with Gasteiger partial charge in [0.25, 0.3) is 0 Å². The first-order chi connectivity index (χ1) is 12.6. The van der Waals surface area contributed by atoms with E-state index < -0.39 is 5.97 Å². The molecule has 0 radical (unpaired) electrons. The van der Waals surface area contributed by atoms with Gasteiger partial charge in [-0.25, -0.2) is 4.79 Å². The minimum Gasteiger partial charge on any atom is -0.454 e. The maximum atomic E-state index is 12.6. The number of esters is 1. The third-order valence-corrected chi connectivity index (χ3v) is 4.69. The van der Waals surface area contributed by atoms with E-state index >= 15 is 0 Å². The fourth-order valence-electron chi connectivity index (χ4n) is 2.51. The zero-order chi connectivity index (χ0) is 18.4. The molecule has 0 aliphatic rings. The molecule has 1 aromatic heterocycles. The third kappa shape index (κ3) is 4.55. The molecule has 3 rings (SSSR count). The van der Waals surface area contributed by atoms with E-state index in [1.165, 1.54) is 11.3 Å². The number of ether oxygens (including phenoxy) is 1. The standard InChI is InChI=1S/C22H18O3S/c1-16-7-5-8-17(13-16)14-19(21-11-6-12-26-21)22(24)25-15-20(23)18-9-3-2-4-10-18/h2-14H,15H2,1H3/b19-14+. The number of hydrogen-bond donors (Lipinski definition) is 0. The van der Waals surface area contributed by atoms with E-state index in [9.17, 15) is 9.59 Å². The van der Waals surface area contributed by atoms with Gasteiger partial charge in [-0.05, 0) is 30.0 Å². The Hall–Kier alpha value is -2.98. The molecule has 3 aromatic rings. The molecule has 1 heterocycles. The van der Waals surface area contributed by atoms with Gasteiger partial charge in [-0.1, -0.05) is 66.2 Å². The lowest BCUT2D eigenvalue weighted by molar-refractivity contribution is -0.135. The van der Waals surface area contributed by atoms with Crippen molar-refractivity contribution in [3.8, 4) is 0 Å². The highest BCUT2D eigenvalue weighted by molar-refractivity contribution is 7.11. The van der Waals surface area contributed by atoms with Crippen LogP contribution in [0.5, 0.6) is 0 Å². The van der Waals surface area contributed by atoms with E-state index in [4.69, 9.17) is 4.74 Å². The van der Waals surface area contributed by atoms with Crippen LogP contribution in [0, 0.1) is 6.92 Å². The number of benzene rings is 2. The summed E-state index contributed by atoms with van der Waals surface area (Å²) in [6.07, 6.45) is 1.80. The predicted molar refractivity (Wildman–Crippen MR) is 105 cm³/mol. The Morgan fingerprint density at radius 3 is 2.50 bits per heavy atom. The topological polar surface area (TPSA) is 43.4 Å². The van der Waals surface area contributed by atoms with Crippen LogP contribution in [0.15, 0.2) is 72.1 Å². The summed E-state index contributed by atoms with van der Waals surface area (Å²) in [5, 5.41) is 1.90. The Kier molecular flexibility index (Phi) is 5.77. The Bertz CT molecular complexity index is 925. The number of ketones is 1. The zero-order valence-corrected chi connectivity index (χ0v) is 15.2. The summed E-state index contributed by atoms with van der Waals surface area (Å²) < 4.78 is 5.30. The third-order valence-electron chi connectivity index (χ3n) is 3.79. The summed E-state index contributed by atoms with van der Waals surface area (Å²) in [5.41, 5.74) is 3.00. The number of rotatable bonds is 6. The highest BCUT2D eigenvalue weighted by Gasteiger charge is 2.17. The molecule has 2 aromatic carbocycles. The first kappa shape index (κ1) is 17.8. The maximum absolute atomic E-state index is 12.6. The molecule has 0 fully saturated rings. The van der Waals surface area contributed by atoms with E-state index in [1.54, 1.807) is 30.3 Å². The summed E-state index contributed by atoms with van der Waals surface area (Å²) in [6.45, 7) is 1.72. The van der Waals surface area contributed by atoms with Crippen LogP contribution in [0.1, 0.15) is 26.4 Å². The van der Waals surface area contributed by atoms with Gasteiger partial charge in [0.2, 0.25) is 0 Å². The Labute approximate surface area is 156 Å². The summed E-state index contributed by atoms with van der Waals surface area (Å²) in [4.78, 5) is 25.6. The lowest BCUT2D eigenvalue weighted by Crippen LogP contribution is -2.14. The van der Waals surface area contributed by atoms with Crippen molar-refractivity contribution < 1.29 is 14.3 Å². The van der Waals surface area contributed by atoms with E-state index in [-0.39, 0.29) is 12.4 Å². The lowest BCUT2D eigenvalue weighted by atomic mass is 10.1. The monoisotopic (exact) mass is 362 g/mol. The van der Waals surface area contributed by atoms with Gasteiger partial charge in [-0.15, -0.1) is 11.3 Å². The van der Waals surface area contributed by atoms with Crippen molar-refractivity contribution in [2.24, 2.45) is 0 Å². The fraction of sp³-hybridized carbons (Fsp3) is 0.0909. The van der Waals surface area contributed by atoms with E-state index in [0.29, 0.717) is 11.1 Å². The molecule has 0 saturated heterocycles. The molecule has 0 aliphatic heterocycles. The van der Waals surface area contributed by atoms with Gasteiger partial charge in [0.05, 0.1) is 5.57 Å². The second-order valence-electron chi connectivity index (χ2n) is 5.81. The quantitative estimate of drug-likeness (QED) is 0.351. The molecule has 0 saturated carbocycles. The molecule has 0 N–H and O–H groups in total. The smallest absolute Gasteiger partial charge is 0.340 e. The first-order valence-corrected chi connectivity index (χ1v) is 9.09. The minimum atomic E-state index is -0.502. The van der Waals surface area contributed by atoms with Crippen LogP contribution in [-0.4, -0.2) is 18.4 Å². The highest BCUT2D eigenvalue weighted by atomic mass is 32.1. The Balaban J connectivity index is 1.79. The molecule has 0 aliphatic carbocycles. The van der Waals surface area contributed by atoms with Crippen LogP contribution in [-0.2, 0) is 9.53 Å². The minimum absolute atomic E-state index is 0.222. The SMILES string of the molecule is Cc1cccc(/C=C(/C(=O)OCC(=O)c2ccccc2)c2cccs2)c1. The molecule has 0 unspecified atom stereocenters. The van der Waals surface area contributed by atoms with Crippen molar-refractivity contribution in [3.63, 3.8) is 0 Å². The van der Waals surface area contributed by atoms with Crippen molar-refractivity contribution in [1.82, 2.24) is 0 Å². The normalized spacial score (nSPS) is 11.2. The molecule has 0 amide bonds. The van der Waals surface area contributed by atoms with Crippen LogP contribution >= 0.6 is 11.3 Å². The summed E-state index contributed by atoms with van der Waals surface area (Å²) in [6, 6.07) is 20.4. The lowest BCUT2D eigenvalue weighted by Gasteiger charge is -2.07. The Morgan fingerprint density at radius 2 is 1.81 bits per heavy atom. The first-order valence-electron chi connectivity index (χ1n) is 8.21. The molecule has 4 heteroatoms. The van der Waals surface area contributed by atoms with E-state index in [2.05, 4.69) is 0 Å². The van der Waals surface area contributed by atoms with Gasteiger partial charge in [0.1, 0.15) is 0 Å². The van der Waals surface area contributed by atoms with Gasteiger partial charge < -0.3 is 4.74 Å². The van der Waals surface area contributed by atoms with Gasteiger partial charge in [0, 0.05) is 10.4 Å². The van der Waals surface area contributed by atoms with Crippen LogP contribution in [0.25, 0.3) is 11.6 Å². The predicted octanol–water partition coefficient (Wildman–Crippen LogP) is 5.02. The van der Waals surface area contributed by atoms with Crippen LogP contribution in [0.4, 0.5) is 0 Å². The molecule has 0 bridgehead atoms. The van der Waals surface area contributed by atoms with Gasteiger partial charge in [-0.2, -0.15) is 0 Å². The van der Waals surface area contributed by atoms with Crippen molar-refractivity contribution in [2.75, 3.05) is 6.61 Å². The highest BCUT2D eigenvalue weighted by Crippen LogP contribution is 2.24. The molecular formula is C22H18O3S.